The molecule has 0 fully saturated rings. The number of amides is 1. The van der Waals surface area contributed by atoms with Gasteiger partial charge >= 0.3 is 5.97 Å². The van der Waals surface area contributed by atoms with Gasteiger partial charge in [-0.2, -0.15) is 0 Å². The molecule has 1 aliphatic rings. The van der Waals surface area contributed by atoms with Crippen molar-refractivity contribution in [2.75, 3.05) is 25.0 Å². The molecule has 1 amide bonds. The molecule has 3 N–H and O–H groups in total. The third kappa shape index (κ3) is 5.50. The maximum Gasteiger partial charge on any atom is 0.337 e. The molecule has 4 rings (SSSR count). The van der Waals surface area contributed by atoms with Crippen molar-refractivity contribution < 1.29 is 24.2 Å². The molecule has 0 radical (unpaired) electrons. The number of aromatic nitrogens is 1. The predicted molar refractivity (Wildman–Crippen MR) is 149 cm³/mol. The molecule has 0 saturated carbocycles. The number of aryl methyl sites for hydroxylation is 2. The van der Waals surface area contributed by atoms with E-state index in [1.165, 1.54) is 0 Å². The second-order valence-electron chi connectivity index (χ2n) is 12.1. The van der Waals surface area contributed by atoms with E-state index in [0.29, 0.717) is 36.5 Å². The number of carboxylic acids is 1. The first-order valence-electron chi connectivity index (χ1n) is 13.0. The van der Waals surface area contributed by atoms with Gasteiger partial charge in [0.2, 0.25) is 0 Å². The average Bonchev–Trinajstić information content (AvgIpc) is 3.28. The topological polar surface area (TPSA) is 101 Å². The summed E-state index contributed by atoms with van der Waals surface area (Å²) in [7, 11) is 0. The minimum Gasteiger partial charge on any atom is -0.490 e. The van der Waals surface area contributed by atoms with Gasteiger partial charge in [-0.3, -0.25) is 4.79 Å². The summed E-state index contributed by atoms with van der Waals surface area (Å²) in [5.41, 5.74) is 5.01. The zero-order valence-electron chi connectivity index (χ0n) is 23.6. The van der Waals surface area contributed by atoms with E-state index in [2.05, 4.69) is 31.4 Å². The first-order chi connectivity index (χ1) is 17.7. The molecule has 38 heavy (non-hydrogen) atoms. The Hall–Kier alpha value is -3.52. The van der Waals surface area contributed by atoms with Crippen LogP contribution in [0.15, 0.2) is 30.5 Å². The fraction of sp³-hybridized carbons (Fsp3) is 0.467. The van der Waals surface area contributed by atoms with Crippen molar-refractivity contribution in [1.29, 1.82) is 0 Å². The average molecular weight is 522 g/mol. The quantitative estimate of drug-likeness (QED) is 0.382. The van der Waals surface area contributed by atoms with Crippen LogP contribution < -0.4 is 15.4 Å². The SMILES string of the molecule is Cc1c(-c2ccc3c(c2)NCCO3)c([C@H](OC(C)(C)C)C(=O)O)c(C)n2ccc(C(=O)NCC(C)(C)C)c12. The highest BCUT2D eigenvalue weighted by Gasteiger charge is 2.34. The minimum absolute atomic E-state index is 0.0638. The molecule has 0 aliphatic carbocycles. The third-order valence-electron chi connectivity index (χ3n) is 6.56. The number of nitrogens with zero attached hydrogens (tertiary/aromatic N) is 1. The lowest BCUT2D eigenvalue weighted by Gasteiger charge is -2.29. The van der Waals surface area contributed by atoms with E-state index in [9.17, 15) is 14.7 Å². The molecule has 0 spiro atoms. The number of hydrogen-bond donors (Lipinski definition) is 3. The number of fused-ring (bicyclic) bond motifs is 2. The van der Waals surface area contributed by atoms with Crippen LogP contribution in [0.3, 0.4) is 0 Å². The van der Waals surface area contributed by atoms with Gasteiger partial charge in [0, 0.05) is 30.5 Å². The molecule has 0 bridgehead atoms. The van der Waals surface area contributed by atoms with Crippen molar-refractivity contribution >= 4 is 23.1 Å². The standard InChI is InChI=1S/C30H39N3O5/c1-17-23(19-9-10-22-21(15-19)31-12-14-37-22)24(26(28(35)36)38-30(6,7)8)18(2)33-13-11-20(25(17)33)27(34)32-16-29(3,4)5/h9-11,13,15,26,31H,12,14,16H2,1-8H3,(H,32,34)(H,35,36)/t26-/m0/s1. The molecule has 3 aromatic rings. The summed E-state index contributed by atoms with van der Waals surface area (Å²) >= 11 is 0. The van der Waals surface area contributed by atoms with Gasteiger partial charge in [-0.25, -0.2) is 4.79 Å². The van der Waals surface area contributed by atoms with E-state index in [4.69, 9.17) is 9.47 Å². The zero-order valence-corrected chi connectivity index (χ0v) is 23.6. The van der Waals surface area contributed by atoms with Gasteiger partial charge in [-0.15, -0.1) is 0 Å². The van der Waals surface area contributed by atoms with Gasteiger partial charge in [0.05, 0.1) is 22.4 Å². The van der Waals surface area contributed by atoms with Crippen molar-refractivity contribution in [1.82, 2.24) is 9.72 Å². The number of hydrogen-bond acceptors (Lipinski definition) is 5. The van der Waals surface area contributed by atoms with Crippen molar-refractivity contribution in [2.45, 2.75) is 67.1 Å². The van der Waals surface area contributed by atoms with Crippen LogP contribution in [-0.4, -0.2) is 46.7 Å². The smallest absolute Gasteiger partial charge is 0.337 e. The number of anilines is 1. The van der Waals surface area contributed by atoms with E-state index in [1.807, 2.05) is 63.4 Å². The summed E-state index contributed by atoms with van der Waals surface area (Å²) in [6, 6.07) is 7.61. The highest BCUT2D eigenvalue weighted by atomic mass is 16.5. The lowest BCUT2D eigenvalue weighted by Crippen LogP contribution is -2.32. The van der Waals surface area contributed by atoms with Crippen LogP contribution >= 0.6 is 0 Å². The maximum atomic E-state index is 13.3. The van der Waals surface area contributed by atoms with Crippen molar-refractivity contribution in [3.05, 3.63) is 52.8 Å². The summed E-state index contributed by atoms with van der Waals surface area (Å²) in [4.78, 5) is 26.0. The summed E-state index contributed by atoms with van der Waals surface area (Å²) in [6.07, 6.45) is 0.615. The van der Waals surface area contributed by atoms with E-state index in [-0.39, 0.29) is 11.3 Å². The molecule has 1 atom stereocenters. The Labute approximate surface area is 224 Å². The fourth-order valence-corrected chi connectivity index (χ4v) is 4.92. The summed E-state index contributed by atoms with van der Waals surface area (Å²) < 4.78 is 13.8. The maximum absolute atomic E-state index is 13.3. The van der Waals surface area contributed by atoms with Crippen molar-refractivity contribution in [3.8, 4) is 16.9 Å². The van der Waals surface area contributed by atoms with Crippen LogP contribution in [0.2, 0.25) is 0 Å². The highest BCUT2D eigenvalue weighted by Crippen LogP contribution is 2.42. The molecule has 1 aromatic carbocycles. The van der Waals surface area contributed by atoms with Crippen molar-refractivity contribution in [2.24, 2.45) is 5.41 Å². The van der Waals surface area contributed by atoms with E-state index in [0.717, 1.165) is 33.6 Å². The minimum atomic E-state index is -1.21. The fourth-order valence-electron chi connectivity index (χ4n) is 4.92. The Morgan fingerprint density at radius 1 is 1.16 bits per heavy atom. The highest BCUT2D eigenvalue weighted by molar-refractivity contribution is 6.03. The number of carbonyl (C=O) groups excluding carboxylic acids is 1. The first-order valence-corrected chi connectivity index (χ1v) is 13.0. The van der Waals surface area contributed by atoms with Gasteiger partial charge in [0.1, 0.15) is 12.4 Å². The van der Waals surface area contributed by atoms with Gasteiger partial charge in [0.25, 0.3) is 5.91 Å². The molecular weight excluding hydrogens is 482 g/mol. The molecule has 0 unspecified atom stereocenters. The second-order valence-corrected chi connectivity index (χ2v) is 12.1. The monoisotopic (exact) mass is 521 g/mol. The van der Waals surface area contributed by atoms with Gasteiger partial charge < -0.3 is 29.6 Å². The summed E-state index contributed by atoms with van der Waals surface area (Å²) in [6.45, 7) is 17.4. The van der Waals surface area contributed by atoms with Crippen LogP contribution in [0.4, 0.5) is 5.69 Å². The zero-order chi connectivity index (χ0) is 28.0. The number of rotatable bonds is 6. The molecule has 8 nitrogen and oxygen atoms in total. The molecule has 204 valence electrons. The Bertz CT molecular complexity index is 1390. The van der Waals surface area contributed by atoms with Gasteiger partial charge in [-0.1, -0.05) is 26.8 Å². The Kier molecular flexibility index (Phi) is 7.23. The first kappa shape index (κ1) is 27.5. The molecular formula is C30H39N3O5. The van der Waals surface area contributed by atoms with Crippen LogP contribution in [0.5, 0.6) is 5.75 Å². The van der Waals surface area contributed by atoms with Crippen LogP contribution in [0, 0.1) is 19.3 Å². The number of aliphatic carboxylic acids is 1. The third-order valence-corrected chi connectivity index (χ3v) is 6.56. The molecule has 3 heterocycles. The number of nitrogens with one attached hydrogen (secondary N) is 2. The number of benzene rings is 1. The lowest BCUT2D eigenvalue weighted by atomic mass is 9.89. The Balaban J connectivity index is 2.00. The molecule has 8 heteroatoms. The Morgan fingerprint density at radius 2 is 1.87 bits per heavy atom. The predicted octanol–water partition coefficient (Wildman–Crippen LogP) is 5.74. The summed E-state index contributed by atoms with van der Waals surface area (Å²) in [5, 5.41) is 16.8. The number of carbonyl (C=O) groups is 2. The van der Waals surface area contributed by atoms with E-state index < -0.39 is 17.7 Å². The lowest BCUT2D eigenvalue weighted by molar-refractivity contribution is -0.160. The van der Waals surface area contributed by atoms with E-state index in [1.54, 1.807) is 6.07 Å². The Morgan fingerprint density at radius 3 is 2.50 bits per heavy atom. The van der Waals surface area contributed by atoms with E-state index >= 15 is 0 Å². The molecule has 1 aliphatic heterocycles. The van der Waals surface area contributed by atoms with Crippen LogP contribution in [0.1, 0.15) is 74.8 Å². The number of carboxylic acid groups (broad SMARTS) is 1. The normalized spacial score (nSPS) is 14.4. The number of pyridine rings is 1. The molecule has 2 aromatic heterocycles. The van der Waals surface area contributed by atoms with Gasteiger partial charge in [-0.05, 0) is 74.9 Å². The number of ether oxygens (including phenoxy) is 2. The molecule has 0 saturated heterocycles. The van der Waals surface area contributed by atoms with Crippen molar-refractivity contribution in [3.63, 3.8) is 0 Å². The van der Waals surface area contributed by atoms with Crippen LogP contribution in [0.25, 0.3) is 16.6 Å². The largest absolute Gasteiger partial charge is 0.490 e. The van der Waals surface area contributed by atoms with Crippen LogP contribution in [-0.2, 0) is 9.53 Å². The van der Waals surface area contributed by atoms with Gasteiger partial charge in [0.15, 0.2) is 6.10 Å². The second kappa shape index (κ2) is 9.98. The summed E-state index contributed by atoms with van der Waals surface area (Å²) in [5.74, 6) is -0.481.